The van der Waals surface area contributed by atoms with Gasteiger partial charge in [0.05, 0.1) is 5.41 Å². The highest BCUT2D eigenvalue weighted by molar-refractivity contribution is 7.13. The predicted molar refractivity (Wildman–Crippen MR) is 128 cm³/mol. The number of aromatic nitrogens is 1. The van der Waals surface area contributed by atoms with Crippen LogP contribution in [0, 0.1) is 5.41 Å². The van der Waals surface area contributed by atoms with Crippen LogP contribution in [-0.2, 0) is 22.4 Å². The Balaban J connectivity index is 1.50. The smallest absolute Gasteiger partial charge is 0.228 e. The van der Waals surface area contributed by atoms with E-state index in [1.54, 1.807) is 30.8 Å². The number of hydrogen-bond acceptors (Lipinski definition) is 4. The Hall–Kier alpha value is -2.99. The molecule has 3 aromatic rings. The van der Waals surface area contributed by atoms with Crippen LogP contribution in [0.5, 0.6) is 0 Å². The standard InChI is InChI=1S/C26H29N3O2S/c1-27-25(31)26(17-21-6-2-8-22(16-21)23-9-4-15-32-23)12-5-14-29(19-26)24(30)11-10-20-7-3-13-28-18-20/h2-4,6-9,13,15-16,18H,5,10-12,14,17,19H2,1H3,(H,27,31)/t26-/m0/s1. The topological polar surface area (TPSA) is 62.3 Å². The maximum atomic E-state index is 13.1. The Morgan fingerprint density at radius 2 is 2.03 bits per heavy atom. The molecule has 0 saturated carbocycles. The van der Waals surface area contributed by atoms with Crippen LogP contribution in [0.15, 0.2) is 66.3 Å². The highest BCUT2D eigenvalue weighted by Crippen LogP contribution is 2.36. The van der Waals surface area contributed by atoms with Crippen molar-refractivity contribution in [3.05, 3.63) is 77.4 Å². The number of thiophene rings is 1. The Morgan fingerprint density at radius 3 is 2.78 bits per heavy atom. The normalized spacial score (nSPS) is 18.3. The first kappa shape index (κ1) is 22.2. The number of carbonyl (C=O) groups is 2. The van der Waals surface area contributed by atoms with Gasteiger partial charge in [-0.25, -0.2) is 0 Å². The number of hydrogen-bond donors (Lipinski definition) is 1. The number of aryl methyl sites for hydroxylation is 1. The van der Waals surface area contributed by atoms with Gasteiger partial charge < -0.3 is 10.2 Å². The number of pyridine rings is 1. The van der Waals surface area contributed by atoms with Gasteiger partial charge in [-0.2, -0.15) is 0 Å². The number of amides is 2. The van der Waals surface area contributed by atoms with Gasteiger partial charge in [0.1, 0.15) is 0 Å². The Morgan fingerprint density at radius 1 is 1.16 bits per heavy atom. The van der Waals surface area contributed by atoms with Crippen molar-refractivity contribution < 1.29 is 9.59 Å². The van der Waals surface area contributed by atoms with Crippen LogP contribution in [0.1, 0.15) is 30.4 Å². The maximum absolute atomic E-state index is 13.1. The summed E-state index contributed by atoms with van der Waals surface area (Å²) in [7, 11) is 1.69. The molecule has 0 spiro atoms. The minimum absolute atomic E-state index is 0.0174. The third-order valence-electron chi connectivity index (χ3n) is 6.26. The zero-order valence-electron chi connectivity index (χ0n) is 18.4. The third-order valence-corrected chi connectivity index (χ3v) is 7.18. The molecule has 5 nitrogen and oxygen atoms in total. The molecule has 0 radical (unpaired) electrons. The number of rotatable bonds is 7. The zero-order chi connectivity index (χ0) is 22.4. The highest BCUT2D eigenvalue weighted by atomic mass is 32.1. The SMILES string of the molecule is CNC(=O)[C@]1(Cc2cccc(-c3cccs3)c2)CCCN(C(=O)CCc2cccnc2)C1. The summed E-state index contributed by atoms with van der Waals surface area (Å²) in [6.07, 6.45) is 6.87. The molecule has 32 heavy (non-hydrogen) atoms. The summed E-state index contributed by atoms with van der Waals surface area (Å²) >= 11 is 1.71. The average Bonchev–Trinajstić information content (AvgIpc) is 3.38. The second-order valence-corrected chi connectivity index (χ2v) is 9.44. The first-order chi connectivity index (χ1) is 15.6. The van der Waals surface area contributed by atoms with E-state index in [4.69, 9.17) is 0 Å². The summed E-state index contributed by atoms with van der Waals surface area (Å²) < 4.78 is 0. The van der Waals surface area contributed by atoms with E-state index in [1.807, 2.05) is 17.0 Å². The van der Waals surface area contributed by atoms with Crippen molar-refractivity contribution in [2.24, 2.45) is 5.41 Å². The van der Waals surface area contributed by atoms with Crippen molar-refractivity contribution in [2.45, 2.75) is 32.1 Å². The molecule has 2 aromatic heterocycles. The fourth-order valence-corrected chi connectivity index (χ4v) is 5.37. The molecule has 4 rings (SSSR count). The Kier molecular flexibility index (Phi) is 7.00. The molecular formula is C26H29N3O2S. The van der Waals surface area contributed by atoms with E-state index in [2.05, 4.69) is 52.1 Å². The largest absolute Gasteiger partial charge is 0.359 e. The van der Waals surface area contributed by atoms with Crippen LogP contribution in [0.2, 0.25) is 0 Å². The quantitative estimate of drug-likeness (QED) is 0.586. The van der Waals surface area contributed by atoms with Gasteiger partial charge in [-0.05, 0) is 59.9 Å². The van der Waals surface area contributed by atoms with Gasteiger partial charge in [0.15, 0.2) is 0 Å². The van der Waals surface area contributed by atoms with Gasteiger partial charge in [0.2, 0.25) is 11.8 Å². The lowest BCUT2D eigenvalue weighted by Gasteiger charge is -2.41. The summed E-state index contributed by atoms with van der Waals surface area (Å²) in [4.78, 5) is 33.3. The van der Waals surface area contributed by atoms with Gasteiger partial charge in [-0.15, -0.1) is 11.3 Å². The maximum Gasteiger partial charge on any atom is 0.228 e. The summed E-state index contributed by atoms with van der Waals surface area (Å²) in [6.45, 7) is 1.17. The number of benzene rings is 1. The van der Waals surface area contributed by atoms with Gasteiger partial charge in [-0.3, -0.25) is 14.6 Å². The third kappa shape index (κ3) is 5.07. The molecule has 1 N–H and O–H groups in total. The molecule has 166 valence electrons. The van der Waals surface area contributed by atoms with Gasteiger partial charge >= 0.3 is 0 Å². The molecule has 1 saturated heterocycles. The van der Waals surface area contributed by atoms with E-state index in [9.17, 15) is 9.59 Å². The molecule has 6 heteroatoms. The molecule has 1 atom stereocenters. The van der Waals surface area contributed by atoms with Gasteiger partial charge in [0.25, 0.3) is 0 Å². The predicted octanol–water partition coefficient (Wildman–Crippen LogP) is 4.34. The van der Waals surface area contributed by atoms with E-state index in [-0.39, 0.29) is 11.8 Å². The van der Waals surface area contributed by atoms with Crippen LogP contribution < -0.4 is 5.32 Å². The van der Waals surface area contributed by atoms with Crippen molar-refractivity contribution in [1.82, 2.24) is 15.2 Å². The molecule has 1 aromatic carbocycles. The monoisotopic (exact) mass is 447 g/mol. The van der Waals surface area contributed by atoms with E-state index in [1.165, 1.54) is 10.4 Å². The lowest BCUT2D eigenvalue weighted by atomic mass is 9.74. The van der Waals surface area contributed by atoms with Crippen LogP contribution in [-0.4, -0.2) is 41.8 Å². The fourth-order valence-electron chi connectivity index (χ4n) is 4.64. The van der Waals surface area contributed by atoms with E-state index < -0.39 is 5.41 Å². The Labute approximate surface area is 193 Å². The molecular weight excluding hydrogens is 418 g/mol. The van der Waals surface area contributed by atoms with Gasteiger partial charge in [-0.1, -0.05) is 36.4 Å². The van der Waals surface area contributed by atoms with E-state index in [0.29, 0.717) is 32.4 Å². The second-order valence-electron chi connectivity index (χ2n) is 8.49. The van der Waals surface area contributed by atoms with Crippen molar-refractivity contribution in [3.8, 4) is 10.4 Å². The molecule has 3 heterocycles. The molecule has 1 aliphatic rings. The van der Waals surface area contributed by atoms with Crippen molar-refractivity contribution in [1.29, 1.82) is 0 Å². The summed E-state index contributed by atoms with van der Waals surface area (Å²) in [5.74, 6) is 0.123. The van der Waals surface area contributed by atoms with Gasteiger partial charge in [0, 0.05) is 43.8 Å². The highest BCUT2D eigenvalue weighted by Gasteiger charge is 2.43. The number of piperidine rings is 1. The van der Waals surface area contributed by atoms with Crippen molar-refractivity contribution >= 4 is 23.2 Å². The average molecular weight is 448 g/mol. The minimum atomic E-state index is -0.606. The van der Waals surface area contributed by atoms with Crippen LogP contribution in [0.25, 0.3) is 10.4 Å². The molecule has 0 unspecified atom stereocenters. The van der Waals surface area contributed by atoms with Crippen LogP contribution in [0.4, 0.5) is 0 Å². The van der Waals surface area contributed by atoms with Crippen molar-refractivity contribution in [2.75, 3.05) is 20.1 Å². The fraction of sp³-hybridized carbons (Fsp3) is 0.346. The van der Waals surface area contributed by atoms with E-state index in [0.717, 1.165) is 24.0 Å². The summed E-state index contributed by atoms with van der Waals surface area (Å²) in [5, 5.41) is 4.95. The molecule has 0 bridgehead atoms. The Bertz CT molecular complexity index is 1050. The minimum Gasteiger partial charge on any atom is -0.359 e. The number of nitrogens with zero attached hydrogens (tertiary/aromatic N) is 2. The van der Waals surface area contributed by atoms with E-state index >= 15 is 0 Å². The molecule has 1 fully saturated rings. The summed E-state index contributed by atoms with van der Waals surface area (Å²) in [6, 6.07) is 16.5. The lowest BCUT2D eigenvalue weighted by molar-refractivity contribution is -0.141. The first-order valence-electron chi connectivity index (χ1n) is 11.1. The van der Waals surface area contributed by atoms with Crippen LogP contribution in [0.3, 0.4) is 0 Å². The lowest BCUT2D eigenvalue weighted by Crippen LogP contribution is -2.54. The van der Waals surface area contributed by atoms with Crippen molar-refractivity contribution in [3.63, 3.8) is 0 Å². The zero-order valence-corrected chi connectivity index (χ0v) is 19.2. The molecule has 1 aliphatic heterocycles. The number of carbonyl (C=O) groups excluding carboxylic acids is 2. The summed E-state index contributed by atoms with van der Waals surface area (Å²) in [5.41, 5.74) is 2.75. The molecule has 2 amide bonds. The number of nitrogens with one attached hydrogen (secondary N) is 1. The number of likely N-dealkylation sites (tertiary alicyclic amines) is 1. The molecule has 0 aliphatic carbocycles. The second kappa shape index (κ2) is 10.1. The van der Waals surface area contributed by atoms with Crippen LogP contribution >= 0.6 is 11.3 Å². The first-order valence-corrected chi connectivity index (χ1v) is 12.0.